The summed E-state index contributed by atoms with van der Waals surface area (Å²) in [4.78, 5) is 37.6. The Balaban J connectivity index is 2.84. The van der Waals surface area contributed by atoms with Crippen LogP contribution in [-0.4, -0.2) is 35.0 Å². The fraction of sp³-hybridized carbons (Fsp3) is 0.786. The number of hydrogen-bond donors (Lipinski definition) is 0. The third-order valence-corrected chi connectivity index (χ3v) is 3.93. The fourth-order valence-corrected chi connectivity index (χ4v) is 2.16. The largest absolute Gasteiger partial charge is 0.326 e. The van der Waals surface area contributed by atoms with E-state index in [0.717, 1.165) is 6.42 Å². The van der Waals surface area contributed by atoms with E-state index in [1.807, 2.05) is 6.92 Å². The number of hydrogen-bond acceptors (Lipinski definition) is 3. The lowest BCUT2D eigenvalue weighted by Gasteiger charge is -2.27. The first-order valence-electron chi connectivity index (χ1n) is 6.73. The van der Waals surface area contributed by atoms with Crippen LogP contribution in [0.4, 0.5) is 0 Å². The molecule has 0 N–H and O–H groups in total. The number of likely N-dealkylation sites (tertiary alicyclic amines) is 1. The molecule has 18 heavy (non-hydrogen) atoms. The summed E-state index contributed by atoms with van der Waals surface area (Å²) >= 11 is 0. The lowest BCUT2D eigenvalue weighted by Crippen LogP contribution is -2.47. The molecule has 1 rings (SSSR count). The van der Waals surface area contributed by atoms with Crippen molar-refractivity contribution in [2.24, 2.45) is 5.41 Å². The third-order valence-electron chi connectivity index (χ3n) is 3.93. The molecule has 0 aliphatic carbocycles. The fourth-order valence-electron chi connectivity index (χ4n) is 2.16. The van der Waals surface area contributed by atoms with Gasteiger partial charge in [-0.15, -0.1) is 0 Å². The average molecular weight is 253 g/mol. The Morgan fingerprint density at radius 1 is 1.22 bits per heavy atom. The van der Waals surface area contributed by atoms with Crippen LogP contribution in [-0.2, 0) is 14.4 Å². The molecule has 1 atom stereocenters. The topological polar surface area (TPSA) is 54.5 Å². The molecule has 1 saturated heterocycles. The minimum absolute atomic E-state index is 0.0583. The summed E-state index contributed by atoms with van der Waals surface area (Å²) in [6.07, 6.45) is 2.54. The van der Waals surface area contributed by atoms with Crippen LogP contribution in [0.1, 0.15) is 53.4 Å². The second kappa shape index (κ2) is 5.63. The Morgan fingerprint density at radius 2 is 1.83 bits per heavy atom. The highest BCUT2D eigenvalue weighted by atomic mass is 16.2. The van der Waals surface area contributed by atoms with E-state index in [0.29, 0.717) is 25.8 Å². The quantitative estimate of drug-likeness (QED) is 0.704. The van der Waals surface area contributed by atoms with Gasteiger partial charge in [-0.25, -0.2) is 0 Å². The van der Waals surface area contributed by atoms with Gasteiger partial charge < -0.3 is 4.90 Å². The Kier molecular flexibility index (Phi) is 4.65. The monoisotopic (exact) mass is 253 g/mol. The Morgan fingerprint density at radius 3 is 2.33 bits per heavy atom. The summed E-state index contributed by atoms with van der Waals surface area (Å²) in [6, 6.07) is -0.376. The van der Waals surface area contributed by atoms with Crippen molar-refractivity contribution in [3.05, 3.63) is 0 Å². The predicted octanol–water partition coefficient (Wildman–Crippen LogP) is 1.96. The molecular weight excluding hydrogens is 230 g/mol. The molecule has 0 aromatic heterocycles. The van der Waals surface area contributed by atoms with E-state index in [4.69, 9.17) is 0 Å². The van der Waals surface area contributed by atoms with Gasteiger partial charge in [-0.05, 0) is 19.3 Å². The van der Waals surface area contributed by atoms with Gasteiger partial charge in [0, 0.05) is 18.4 Å². The van der Waals surface area contributed by atoms with Crippen LogP contribution in [0.3, 0.4) is 0 Å². The summed E-state index contributed by atoms with van der Waals surface area (Å²) < 4.78 is 0. The molecule has 1 heterocycles. The van der Waals surface area contributed by atoms with Crippen LogP contribution in [0, 0.1) is 5.41 Å². The first kappa shape index (κ1) is 14.9. The maximum Gasteiger partial charge on any atom is 0.291 e. The highest BCUT2D eigenvalue weighted by Crippen LogP contribution is 2.26. The molecule has 0 radical (unpaired) electrons. The van der Waals surface area contributed by atoms with E-state index in [-0.39, 0.29) is 17.6 Å². The second-order valence-corrected chi connectivity index (χ2v) is 5.54. The van der Waals surface area contributed by atoms with Gasteiger partial charge in [0.25, 0.3) is 5.91 Å². The standard InChI is InChI=1S/C14H23NO3/c1-5-11(16)10-8-7-9-15(10)13(18)12(17)14(3,4)6-2/h10H,5-9H2,1-4H3. The van der Waals surface area contributed by atoms with Gasteiger partial charge in [0.2, 0.25) is 5.78 Å². The molecule has 4 heteroatoms. The zero-order chi connectivity index (χ0) is 13.9. The van der Waals surface area contributed by atoms with Gasteiger partial charge in [0.15, 0.2) is 5.78 Å². The molecule has 0 aromatic carbocycles. The number of ketones is 2. The summed E-state index contributed by atoms with van der Waals surface area (Å²) in [5.41, 5.74) is -0.639. The van der Waals surface area contributed by atoms with E-state index in [2.05, 4.69) is 0 Å². The molecule has 0 saturated carbocycles. The van der Waals surface area contributed by atoms with E-state index in [1.54, 1.807) is 20.8 Å². The van der Waals surface area contributed by atoms with Crippen LogP contribution < -0.4 is 0 Å². The predicted molar refractivity (Wildman–Crippen MR) is 69.1 cm³/mol. The van der Waals surface area contributed by atoms with E-state index in [1.165, 1.54) is 4.90 Å². The number of nitrogens with zero attached hydrogens (tertiary/aromatic N) is 1. The number of Topliss-reactive ketones (excluding diaryl/α,β-unsaturated/α-hetero) is 2. The van der Waals surface area contributed by atoms with Crippen LogP contribution in [0.25, 0.3) is 0 Å². The molecule has 1 amide bonds. The van der Waals surface area contributed by atoms with Crippen molar-refractivity contribution in [3.8, 4) is 0 Å². The smallest absolute Gasteiger partial charge is 0.291 e. The number of carbonyl (C=O) groups is 3. The van der Waals surface area contributed by atoms with Crippen LogP contribution in [0.2, 0.25) is 0 Å². The Bertz CT molecular complexity index is 360. The van der Waals surface area contributed by atoms with Crippen molar-refractivity contribution in [2.75, 3.05) is 6.54 Å². The Hall–Kier alpha value is -1.19. The van der Waals surface area contributed by atoms with Gasteiger partial charge in [-0.2, -0.15) is 0 Å². The van der Waals surface area contributed by atoms with E-state index >= 15 is 0 Å². The first-order valence-corrected chi connectivity index (χ1v) is 6.73. The summed E-state index contributed by atoms with van der Waals surface area (Å²) in [7, 11) is 0. The van der Waals surface area contributed by atoms with Gasteiger partial charge in [0.05, 0.1) is 6.04 Å². The highest BCUT2D eigenvalue weighted by Gasteiger charge is 2.40. The average Bonchev–Trinajstić information content (AvgIpc) is 2.85. The molecule has 1 aliphatic heterocycles. The van der Waals surface area contributed by atoms with Crippen molar-refractivity contribution in [2.45, 2.75) is 59.4 Å². The summed E-state index contributed by atoms with van der Waals surface area (Å²) in [5, 5.41) is 0. The van der Waals surface area contributed by atoms with Gasteiger partial charge in [0.1, 0.15) is 0 Å². The second-order valence-electron chi connectivity index (χ2n) is 5.54. The van der Waals surface area contributed by atoms with Gasteiger partial charge in [-0.3, -0.25) is 14.4 Å². The first-order chi connectivity index (χ1) is 8.35. The van der Waals surface area contributed by atoms with Crippen LogP contribution in [0.15, 0.2) is 0 Å². The van der Waals surface area contributed by atoms with E-state index in [9.17, 15) is 14.4 Å². The van der Waals surface area contributed by atoms with Crippen LogP contribution >= 0.6 is 0 Å². The maximum absolute atomic E-state index is 12.2. The van der Waals surface area contributed by atoms with Crippen molar-refractivity contribution < 1.29 is 14.4 Å². The number of carbonyl (C=O) groups excluding carboxylic acids is 3. The van der Waals surface area contributed by atoms with Crippen LogP contribution in [0.5, 0.6) is 0 Å². The van der Waals surface area contributed by atoms with Crippen molar-refractivity contribution in [3.63, 3.8) is 0 Å². The SMILES string of the molecule is CCC(=O)C1CCCN1C(=O)C(=O)C(C)(C)CC. The lowest BCUT2D eigenvalue weighted by atomic mass is 9.84. The maximum atomic E-state index is 12.2. The minimum atomic E-state index is -0.639. The number of amides is 1. The highest BCUT2D eigenvalue weighted by molar-refractivity contribution is 6.38. The van der Waals surface area contributed by atoms with Gasteiger partial charge >= 0.3 is 0 Å². The molecule has 0 bridgehead atoms. The number of rotatable bonds is 5. The minimum Gasteiger partial charge on any atom is -0.326 e. The molecular formula is C14H23NO3. The summed E-state index contributed by atoms with van der Waals surface area (Å²) in [5.74, 6) is -0.796. The normalized spacial score (nSPS) is 20.0. The molecule has 0 spiro atoms. The van der Waals surface area contributed by atoms with Crippen molar-refractivity contribution in [1.82, 2.24) is 4.90 Å². The van der Waals surface area contributed by atoms with Crippen molar-refractivity contribution >= 4 is 17.5 Å². The molecule has 1 fully saturated rings. The zero-order valence-electron chi connectivity index (χ0n) is 11.8. The lowest BCUT2D eigenvalue weighted by molar-refractivity contribution is -0.151. The van der Waals surface area contributed by atoms with E-state index < -0.39 is 11.3 Å². The molecule has 1 aliphatic rings. The molecule has 102 valence electrons. The summed E-state index contributed by atoms with van der Waals surface area (Å²) in [6.45, 7) is 7.77. The Labute approximate surface area is 109 Å². The molecule has 0 aromatic rings. The molecule has 1 unspecified atom stereocenters. The third kappa shape index (κ3) is 2.79. The van der Waals surface area contributed by atoms with Crippen molar-refractivity contribution in [1.29, 1.82) is 0 Å². The van der Waals surface area contributed by atoms with Gasteiger partial charge in [-0.1, -0.05) is 27.7 Å². The molecule has 4 nitrogen and oxygen atoms in total. The zero-order valence-corrected chi connectivity index (χ0v) is 11.8.